The zero-order valence-electron chi connectivity index (χ0n) is 53.5. The van der Waals surface area contributed by atoms with Crippen molar-refractivity contribution in [3.8, 4) is 0 Å². The van der Waals surface area contributed by atoms with E-state index in [1.807, 2.05) is 20.8 Å². The number of amides is 11. The molecule has 2 aromatic carbocycles. The smallest absolute Gasteiger partial charge is 0.351 e. The molecule has 0 spiro atoms. The number of alkyl halides is 3. The molecule has 0 unspecified atom stereocenters. The number of benzene rings is 2. The highest BCUT2D eigenvalue weighted by Crippen LogP contribution is 2.30. The predicted molar refractivity (Wildman–Crippen MR) is 324 cm³/mol. The highest BCUT2D eigenvalue weighted by atomic mass is 35.5. The van der Waals surface area contributed by atoms with Crippen LogP contribution in [0.15, 0.2) is 48.5 Å². The third kappa shape index (κ3) is 19.6. The van der Waals surface area contributed by atoms with Crippen molar-refractivity contribution in [2.24, 2.45) is 17.8 Å². The molecule has 0 aliphatic carbocycles. The molecule has 22 nitrogen and oxygen atoms in total. The first-order valence-corrected chi connectivity index (χ1v) is 30.3. The van der Waals surface area contributed by atoms with E-state index < -0.39 is 157 Å². The van der Waals surface area contributed by atoms with Gasteiger partial charge in [-0.2, -0.15) is 13.2 Å². The zero-order valence-corrected chi connectivity index (χ0v) is 54.3. The van der Waals surface area contributed by atoms with E-state index >= 15 is 0 Å². The fourth-order valence-corrected chi connectivity index (χ4v) is 10.9. The van der Waals surface area contributed by atoms with Crippen molar-refractivity contribution < 1.29 is 65.9 Å². The largest absolute Gasteiger partial charge is 0.416 e. The van der Waals surface area contributed by atoms with Crippen LogP contribution >= 0.6 is 11.6 Å². The summed E-state index contributed by atoms with van der Waals surface area (Å²) in [5.74, 6) is -8.39. The van der Waals surface area contributed by atoms with Crippen LogP contribution in [0.3, 0.4) is 0 Å². The minimum absolute atomic E-state index is 0.0148. The van der Waals surface area contributed by atoms with Crippen LogP contribution in [-0.2, 0) is 71.8 Å². The van der Waals surface area contributed by atoms with Crippen molar-refractivity contribution in [3.05, 3.63) is 70.2 Å². The Kier molecular flexibility index (Phi) is 26.8. The molecule has 2 aromatic rings. The quantitative estimate of drug-likeness (QED) is 0.308. The minimum atomic E-state index is -4.62. The topological polar surface area (TPSA) is 250 Å². The van der Waals surface area contributed by atoms with Crippen molar-refractivity contribution >= 4 is 76.6 Å². The molecule has 488 valence electrons. The maximum atomic E-state index is 14.9. The highest BCUT2D eigenvalue weighted by molar-refractivity contribution is 6.30. The molecular weight excluding hydrogens is 1170 g/mol. The van der Waals surface area contributed by atoms with Crippen molar-refractivity contribution in [3.63, 3.8) is 0 Å². The minimum Gasteiger partial charge on any atom is -0.351 e. The number of carbonyl (C=O) groups excluding carboxylic acids is 11. The van der Waals surface area contributed by atoms with Crippen molar-refractivity contribution in [1.82, 2.24) is 55.1 Å². The average molecular weight is 1260 g/mol. The number of nitrogens with one attached hydrogen (secondary N) is 3. The van der Waals surface area contributed by atoms with Gasteiger partial charge >= 0.3 is 6.18 Å². The van der Waals surface area contributed by atoms with Crippen LogP contribution in [0, 0.1) is 17.8 Å². The second-order valence-electron chi connectivity index (χ2n) is 24.4. The van der Waals surface area contributed by atoms with Crippen LogP contribution in [0.25, 0.3) is 0 Å². The zero-order chi connectivity index (χ0) is 66.4. The summed E-state index contributed by atoms with van der Waals surface area (Å²) in [5, 5.41) is 8.73. The third-order valence-electron chi connectivity index (χ3n) is 16.7. The van der Waals surface area contributed by atoms with Gasteiger partial charge in [0.2, 0.25) is 65.0 Å². The lowest BCUT2D eigenvalue weighted by Gasteiger charge is -2.39. The van der Waals surface area contributed by atoms with Gasteiger partial charge in [-0.05, 0) is 99.1 Å². The molecule has 11 amide bonds. The Bertz CT molecular complexity index is 2830. The molecule has 0 aromatic heterocycles. The summed E-state index contributed by atoms with van der Waals surface area (Å²) < 4.78 is 40.7. The Morgan fingerprint density at radius 1 is 0.602 bits per heavy atom. The molecule has 4 rings (SSSR count). The summed E-state index contributed by atoms with van der Waals surface area (Å²) in [4.78, 5) is 167. The van der Waals surface area contributed by atoms with E-state index in [4.69, 9.17) is 11.6 Å². The average Bonchev–Trinajstić information content (AvgIpc) is 4.11. The van der Waals surface area contributed by atoms with Crippen LogP contribution in [0.2, 0.25) is 5.02 Å². The number of aryl methyl sites for hydroxylation is 1. The van der Waals surface area contributed by atoms with E-state index in [0.29, 0.717) is 29.0 Å². The first-order valence-electron chi connectivity index (χ1n) is 29.9. The van der Waals surface area contributed by atoms with Gasteiger partial charge < -0.3 is 55.1 Å². The fourth-order valence-electron chi connectivity index (χ4n) is 10.8. The molecule has 2 aliphatic heterocycles. The lowest BCUT2D eigenvalue weighted by Crippen LogP contribution is -2.60. The number of halogens is 4. The monoisotopic (exact) mass is 1260 g/mol. The number of hydrogen-bond donors (Lipinski definition) is 3. The number of rotatable bonds is 10. The molecule has 0 bridgehead atoms. The number of fused-ring (bicyclic) bond motifs is 1. The molecule has 0 saturated carbocycles. The summed E-state index contributed by atoms with van der Waals surface area (Å²) in [6.45, 7) is 12.1. The first kappa shape index (κ1) is 73.2. The number of nitrogens with zero attached hydrogens (tertiary/aromatic N) is 8. The maximum Gasteiger partial charge on any atom is 0.416 e. The van der Waals surface area contributed by atoms with Gasteiger partial charge in [0.15, 0.2) is 0 Å². The summed E-state index contributed by atoms with van der Waals surface area (Å²) in [6.07, 6.45) is -4.05. The SMILES string of the molecule is CC[C@H](C)[C@@H]1NC(=O)[C@H](C)N(C)C(=O)C[C@@H](C)NC(=O)[C@H](CC(C)C)N(C)C(=O)[C@H](C(C)C)N(C)C(=O)[C@@H]2CCCN2C(=O)[C@H](CCc2ccc(C(F)(F)F)cc2)NC(=O)CN(C)C(=O)[C@H](Cc2ccc(Cl)cc2)N(C)C(=O)CN(C)C(=O)CN(C)C1=O. The van der Waals surface area contributed by atoms with Gasteiger partial charge in [0.1, 0.15) is 42.3 Å². The Balaban J connectivity index is 1.80. The second kappa shape index (κ2) is 32.3. The van der Waals surface area contributed by atoms with Crippen molar-refractivity contribution in [2.45, 2.75) is 161 Å². The lowest BCUT2D eigenvalue weighted by molar-refractivity contribution is -0.153. The Morgan fingerprint density at radius 3 is 1.75 bits per heavy atom. The first-order chi connectivity index (χ1) is 41.0. The van der Waals surface area contributed by atoms with Gasteiger partial charge in [0.25, 0.3) is 0 Å². The van der Waals surface area contributed by atoms with Crippen molar-refractivity contribution in [2.75, 3.05) is 75.5 Å². The molecule has 0 radical (unpaired) electrons. The normalized spacial score (nSPS) is 24.9. The van der Waals surface area contributed by atoms with E-state index in [9.17, 15) is 65.9 Å². The third-order valence-corrected chi connectivity index (χ3v) is 17.0. The van der Waals surface area contributed by atoms with Crippen molar-refractivity contribution in [1.29, 1.82) is 0 Å². The lowest BCUT2D eigenvalue weighted by atomic mass is 9.96. The Morgan fingerprint density at radius 2 is 1.18 bits per heavy atom. The van der Waals surface area contributed by atoms with Gasteiger partial charge in [0, 0.05) is 79.8 Å². The molecule has 9 atom stereocenters. The maximum absolute atomic E-state index is 14.9. The van der Waals surface area contributed by atoms with Gasteiger partial charge in [-0.1, -0.05) is 83.8 Å². The van der Waals surface area contributed by atoms with E-state index in [-0.39, 0.29) is 51.0 Å². The molecule has 2 aliphatic rings. The molecule has 2 fully saturated rings. The highest BCUT2D eigenvalue weighted by Gasteiger charge is 2.44. The van der Waals surface area contributed by atoms with Crippen LogP contribution in [0.4, 0.5) is 13.2 Å². The van der Waals surface area contributed by atoms with Gasteiger partial charge in [-0.25, -0.2) is 0 Å². The molecule has 3 N–H and O–H groups in total. The summed E-state index contributed by atoms with van der Waals surface area (Å²) in [6, 6.07) is 1.59. The van der Waals surface area contributed by atoms with Gasteiger partial charge in [0.05, 0.1) is 25.2 Å². The summed E-state index contributed by atoms with van der Waals surface area (Å²) in [5.41, 5.74) is 0.0700. The molecule has 2 saturated heterocycles. The van der Waals surface area contributed by atoms with Crippen LogP contribution in [0.1, 0.15) is 111 Å². The van der Waals surface area contributed by atoms with Crippen LogP contribution < -0.4 is 16.0 Å². The summed E-state index contributed by atoms with van der Waals surface area (Å²) in [7, 11) is 9.65. The van der Waals surface area contributed by atoms with E-state index in [0.717, 1.165) is 31.7 Å². The predicted octanol–water partition coefficient (Wildman–Crippen LogP) is 3.85. The molecular formula is C62H91ClF3N11O11. The van der Waals surface area contributed by atoms with Gasteiger partial charge in [-0.3, -0.25) is 52.7 Å². The number of hydrogen-bond acceptors (Lipinski definition) is 11. The standard InChI is InChI=1S/C62H91ClF3N11O11/c1-16-38(6)53-60(87)72(11)34-51(80)70(9)35-52(81)74(13)48(32-42-21-26-44(63)27-22-42)58(85)71(10)33-49(78)68-45(28-23-41-19-24-43(25-20-41)62(64,65)66)57(84)77-29-17-18-46(77)59(86)76(15)54(37(4)5)61(88)75(14)47(30-36(2)3)56(83)67-39(7)31-50(79)73(12)40(8)55(82)69-53/h19-22,24-27,36-40,45-48,53-54H,16-18,23,28-35H2,1-15H3,(H,67,83)(H,68,78)(H,69,82)/t38-,39+,40-,45-,46-,47-,48-,53-,54-/m0/s1. The second-order valence-corrected chi connectivity index (χ2v) is 24.9. The molecule has 88 heavy (non-hydrogen) atoms. The number of carbonyl (C=O) groups is 11. The van der Waals surface area contributed by atoms with Gasteiger partial charge in [-0.15, -0.1) is 0 Å². The van der Waals surface area contributed by atoms with Crippen LogP contribution in [0.5, 0.6) is 0 Å². The van der Waals surface area contributed by atoms with E-state index in [2.05, 4.69) is 16.0 Å². The summed E-state index contributed by atoms with van der Waals surface area (Å²) >= 11 is 6.19. The van der Waals surface area contributed by atoms with Crippen LogP contribution in [-0.4, -0.2) is 228 Å². The van der Waals surface area contributed by atoms with E-state index in [1.165, 1.54) is 88.0 Å². The fraction of sp³-hybridized carbons (Fsp3) is 0.629. The van der Waals surface area contributed by atoms with E-state index in [1.54, 1.807) is 52.0 Å². The molecule has 26 heteroatoms. The Hall–Kier alpha value is -7.31. The number of likely N-dealkylation sites (N-methyl/N-ethyl adjacent to an activating group) is 7. The Labute approximate surface area is 520 Å². The molecule has 2 heterocycles.